The van der Waals surface area contributed by atoms with Gasteiger partial charge >= 0.3 is 11.9 Å². The summed E-state index contributed by atoms with van der Waals surface area (Å²) in [5.41, 5.74) is 7.03. The van der Waals surface area contributed by atoms with Crippen LogP contribution < -0.4 is 5.73 Å². The molecule has 0 aliphatic rings. The smallest absolute Gasteiger partial charge is 0.396 e. The SMILES string of the molecule is CCOC(=O)c1nnc(C(N)Cc2ccccc2)o1. The molecule has 1 aromatic heterocycles. The van der Waals surface area contributed by atoms with E-state index in [-0.39, 0.29) is 18.4 Å². The van der Waals surface area contributed by atoms with Gasteiger partial charge in [-0.05, 0) is 18.9 Å². The molecule has 2 N–H and O–H groups in total. The quantitative estimate of drug-likeness (QED) is 0.820. The first-order valence-electron chi connectivity index (χ1n) is 6.00. The van der Waals surface area contributed by atoms with Crippen LogP contribution in [0, 0.1) is 0 Å². The fraction of sp³-hybridized carbons (Fsp3) is 0.308. The Kier molecular flexibility index (Phi) is 4.25. The molecule has 0 radical (unpaired) electrons. The van der Waals surface area contributed by atoms with Gasteiger partial charge in [-0.15, -0.1) is 10.2 Å². The molecule has 1 heterocycles. The zero-order valence-electron chi connectivity index (χ0n) is 10.6. The number of aromatic nitrogens is 2. The lowest BCUT2D eigenvalue weighted by molar-refractivity contribution is 0.0478. The lowest BCUT2D eigenvalue weighted by Crippen LogP contribution is -2.13. The van der Waals surface area contributed by atoms with Crippen LogP contribution in [0.3, 0.4) is 0 Å². The Balaban J connectivity index is 2.04. The highest BCUT2D eigenvalue weighted by atomic mass is 16.5. The molecule has 2 aromatic rings. The second-order valence-electron chi connectivity index (χ2n) is 3.96. The van der Waals surface area contributed by atoms with Crippen LogP contribution in [0.1, 0.15) is 35.1 Å². The molecule has 0 aliphatic carbocycles. The standard InChI is InChI=1S/C13H15N3O3/c1-2-18-13(17)12-16-15-11(19-12)10(14)8-9-6-4-3-5-7-9/h3-7,10H,2,8,14H2,1H3. The number of ether oxygens (including phenoxy) is 1. The number of hydrogen-bond acceptors (Lipinski definition) is 6. The number of rotatable bonds is 5. The van der Waals surface area contributed by atoms with Crippen LogP contribution in [-0.2, 0) is 11.2 Å². The van der Waals surface area contributed by atoms with Gasteiger partial charge in [0.2, 0.25) is 5.89 Å². The first-order valence-corrected chi connectivity index (χ1v) is 6.00. The maximum absolute atomic E-state index is 11.4. The van der Waals surface area contributed by atoms with E-state index < -0.39 is 12.0 Å². The molecule has 0 amide bonds. The normalized spacial score (nSPS) is 12.1. The summed E-state index contributed by atoms with van der Waals surface area (Å²) in [6.45, 7) is 1.96. The van der Waals surface area contributed by atoms with Crippen molar-refractivity contribution in [2.45, 2.75) is 19.4 Å². The van der Waals surface area contributed by atoms with Crippen molar-refractivity contribution in [1.82, 2.24) is 10.2 Å². The van der Waals surface area contributed by atoms with Gasteiger partial charge in [0.15, 0.2) is 0 Å². The van der Waals surface area contributed by atoms with Crippen molar-refractivity contribution >= 4 is 5.97 Å². The molecule has 19 heavy (non-hydrogen) atoms. The van der Waals surface area contributed by atoms with Gasteiger partial charge in [-0.25, -0.2) is 4.79 Å². The van der Waals surface area contributed by atoms with Crippen LogP contribution in [0.5, 0.6) is 0 Å². The predicted molar refractivity (Wildman–Crippen MR) is 67.3 cm³/mol. The minimum absolute atomic E-state index is 0.166. The van der Waals surface area contributed by atoms with Crippen LogP contribution in [0.25, 0.3) is 0 Å². The number of esters is 1. The van der Waals surface area contributed by atoms with E-state index in [0.717, 1.165) is 5.56 Å². The van der Waals surface area contributed by atoms with Crippen molar-refractivity contribution < 1.29 is 13.9 Å². The van der Waals surface area contributed by atoms with E-state index in [9.17, 15) is 4.79 Å². The summed E-state index contributed by atoms with van der Waals surface area (Å²) in [6.07, 6.45) is 0.561. The number of nitrogens with zero attached hydrogens (tertiary/aromatic N) is 2. The van der Waals surface area contributed by atoms with Crippen LogP contribution in [0.4, 0.5) is 0 Å². The Bertz CT molecular complexity index is 539. The molecule has 1 unspecified atom stereocenters. The molecule has 0 saturated heterocycles. The summed E-state index contributed by atoms with van der Waals surface area (Å²) in [7, 11) is 0. The third-order valence-electron chi connectivity index (χ3n) is 2.51. The second-order valence-corrected chi connectivity index (χ2v) is 3.96. The Morgan fingerprint density at radius 3 is 2.79 bits per heavy atom. The van der Waals surface area contributed by atoms with E-state index in [1.54, 1.807) is 6.92 Å². The highest BCUT2D eigenvalue weighted by Crippen LogP contribution is 2.15. The predicted octanol–water partition coefficient (Wildman–Crippen LogP) is 1.49. The Morgan fingerprint density at radius 1 is 1.37 bits per heavy atom. The third-order valence-corrected chi connectivity index (χ3v) is 2.51. The van der Waals surface area contributed by atoms with Gasteiger partial charge in [-0.2, -0.15) is 0 Å². The molecule has 1 atom stereocenters. The summed E-state index contributed by atoms with van der Waals surface area (Å²) in [4.78, 5) is 11.4. The summed E-state index contributed by atoms with van der Waals surface area (Å²) in [5, 5.41) is 7.40. The highest BCUT2D eigenvalue weighted by Gasteiger charge is 2.19. The first-order chi connectivity index (χ1) is 9.20. The summed E-state index contributed by atoms with van der Waals surface area (Å²) in [5.74, 6) is -0.569. The minimum atomic E-state index is -0.631. The number of hydrogen-bond donors (Lipinski definition) is 1. The van der Waals surface area contributed by atoms with E-state index in [4.69, 9.17) is 14.9 Å². The lowest BCUT2D eigenvalue weighted by Gasteiger charge is -2.06. The first kappa shape index (κ1) is 13.2. The van der Waals surface area contributed by atoms with Crippen molar-refractivity contribution in [2.24, 2.45) is 5.73 Å². The maximum Gasteiger partial charge on any atom is 0.396 e. The molecule has 0 aliphatic heterocycles. The van der Waals surface area contributed by atoms with Gasteiger partial charge in [0.1, 0.15) is 0 Å². The van der Waals surface area contributed by atoms with Gasteiger partial charge in [0.05, 0.1) is 12.6 Å². The van der Waals surface area contributed by atoms with Gasteiger partial charge in [-0.1, -0.05) is 30.3 Å². The maximum atomic E-state index is 11.4. The molecule has 0 fully saturated rings. The number of carbonyl (C=O) groups is 1. The molecule has 1 aromatic carbocycles. The van der Waals surface area contributed by atoms with Crippen molar-refractivity contribution in [3.05, 3.63) is 47.7 Å². The minimum Gasteiger partial charge on any atom is -0.459 e. The monoisotopic (exact) mass is 261 g/mol. The Morgan fingerprint density at radius 2 is 2.11 bits per heavy atom. The Hall–Kier alpha value is -2.21. The van der Waals surface area contributed by atoms with Gasteiger partial charge in [0.25, 0.3) is 0 Å². The average molecular weight is 261 g/mol. The number of benzene rings is 1. The van der Waals surface area contributed by atoms with E-state index in [1.807, 2.05) is 30.3 Å². The molecule has 6 nitrogen and oxygen atoms in total. The molecule has 100 valence electrons. The fourth-order valence-corrected chi connectivity index (χ4v) is 1.62. The lowest BCUT2D eigenvalue weighted by atomic mass is 10.1. The topological polar surface area (TPSA) is 91.2 Å². The van der Waals surface area contributed by atoms with E-state index >= 15 is 0 Å². The van der Waals surface area contributed by atoms with Gasteiger partial charge < -0.3 is 14.9 Å². The third kappa shape index (κ3) is 3.38. The molecule has 0 spiro atoms. The Labute approximate surface area is 110 Å². The van der Waals surface area contributed by atoms with Gasteiger partial charge in [0, 0.05) is 0 Å². The average Bonchev–Trinajstić information content (AvgIpc) is 2.90. The van der Waals surface area contributed by atoms with Crippen LogP contribution in [0.15, 0.2) is 34.7 Å². The molecule has 0 bridgehead atoms. The van der Waals surface area contributed by atoms with Crippen molar-refractivity contribution in [1.29, 1.82) is 0 Å². The van der Waals surface area contributed by atoms with Gasteiger partial charge in [-0.3, -0.25) is 0 Å². The molecule has 0 saturated carbocycles. The second kappa shape index (κ2) is 6.10. The van der Waals surface area contributed by atoms with Crippen molar-refractivity contribution in [3.8, 4) is 0 Å². The van der Waals surface area contributed by atoms with Crippen molar-refractivity contribution in [2.75, 3.05) is 6.61 Å². The molecular formula is C13H15N3O3. The molecule has 2 rings (SSSR count). The summed E-state index contributed by atoms with van der Waals surface area (Å²) < 4.78 is 9.97. The fourth-order valence-electron chi connectivity index (χ4n) is 1.62. The summed E-state index contributed by atoms with van der Waals surface area (Å²) >= 11 is 0. The number of nitrogens with two attached hydrogens (primary N) is 1. The van der Waals surface area contributed by atoms with E-state index in [1.165, 1.54) is 0 Å². The van der Waals surface area contributed by atoms with Crippen LogP contribution >= 0.6 is 0 Å². The van der Waals surface area contributed by atoms with E-state index in [0.29, 0.717) is 6.42 Å². The largest absolute Gasteiger partial charge is 0.459 e. The number of carbonyl (C=O) groups excluding carboxylic acids is 1. The van der Waals surface area contributed by atoms with E-state index in [2.05, 4.69) is 10.2 Å². The summed E-state index contributed by atoms with van der Waals surface area (Å²) in [6, 6.07) is 9.27. The highest BCUT2D eigenvalue weighted by molar-refractivity contribution is 5.83. The zero-order valence-corrected chi connectivity index (χ0v) is 10.6. The van der Waals surface area contributed by atoms with Crippen LogP contribution in [0.2, 0.25) is 0 Å². The zero-order chi connectivity index (χ0) is 13.7. The van der Waals surface area contributed by atoms with Crippen LogP contribution in [-0.4, -0.2) is 22.8 Å². The molecular weight excluding hydrogens is 246 g/mol. The molecule has 6 heteroatoms. The van der Waals surface area contributed by atoms with Crippen molar-refractivity contribution in [3.63, 3.8) is 0 Å².